The minimum Gasteiger partial charge on any atom is -0.489 e. The van der Waals surface area contributed by atoms with Gasteiger partial charge >= 0.3 is 35.3 Å². The van der Waals surface area contributed by atoms with Crippen molar-refractivity contribution in [1.29, 1.82) is 0 Å². The van der Waals surface area contributed by atoms with E-state index in [1.807, 2.05) is 84.9 Å². The Morgan fingerprint density at radius 1 is 0.253 bits per heavy atom. The van der Waals surface area contributed by atoms with E-state index in [-0.39, 0.29) is 0 Å². The van der Waals surface area contributed by atoms with Gasteiger partial charge in [-0.2, -0.15) is 0 Å². The molecule has 75 heavy (non-hydrogen) atoms. The van der Waals surface area contributed by atoms with Crippen LogP contribution in [0.2, 0.25) is 0 Å². The topological polar surface area (TPSA) is 36.9 Å². The van der Waals surface area contributed by atoms with E-state index >= 15 is 0 Å². The Bertz CT molecular complexity index is 2730. The molecular weight excluding hydrogens is 1180 g/mol. The van der Waals surface area contributed by atoms with E-state index in [0.717, 1.165) is 57.6 Å². The third-order valence-corrected chi connectivity index (χ3v) is 16.9. The Morgan fingerprint density at radius 3 is 0.640 bits per heavy atom. The average Bonchev–Trinajstić information content (AvgIpc) is 3.48. The molecule has 0 aliphatic heterocycles. The van der Waals surface area contributed by atoms with Crippen LogP contribution in [0.5, 0.6) is 23.0 Å². The molecule has 0 aliphatic rings. The molecule has 0 unspecified atom stereocenters. The zero-order chi connectivity index (χ0) is 51.5. The van der Waals surface area contributed by atoms with Crippen molar-refractivity contribution < 1.29 is 35.4 Å². The Morgan fingerprint density at radius 2 is 0.440 bits per heavy atom. The van der Waals surface area contributed by atoms with Crippen LogP contribution in [0, 0.1) is 0 Å². The van der Waals surface area contributed by atoms with Crippen molar-refractivity contribution in [1.82, 2.24) is 0 Å². The molecule has 0 saturated carbocycles. The summed E-state index contributed by atoms with van der Waals surface area (Å²) in [7, 11) is 8.61. The zero-order valence-electron chi connectivity index (χ0n) is 41.4. The fourth-order valence-corrected chi connectivity index (χ4v) is 12.8. The number of hydrogen-bond donors (Lipinski definition) is 0. The molecule has 9 heteroatoms. The molecule has 0 fully saturated rings. The van der Waals surface area contributed by atoms with Crippen molar-refractivity contribution in [3.05, 3.63) is 312 Å². The number of rotatable bonds is 20. The van der Waals surface area contributed by atoms with Gasteiger partial charge in [0.2, 0.25) is 0 Å². The first-order valence-electron chi connectivity index (χ1n) is 24.6. The number of benzene rings is 10. The monoisotopic (exact) mass is 1240 g/mol. The first kappa shape index (κ1) is 54.8. The molecule has 0 heterocycles. The maximum absolute atomic E-state index is 6.25. The molecule has 10 aromatic carbocycles. The number of halogens is 2. The Balaban J connectivity index is 0.000000189. The van der Waals surface area contributed by atoms with Gasteiger partial charge in [-0.05, 0) is 94.7 Å². The van der Waals surface area contributed by atoms with Crippen LogP contribution in [0.25, 0.3) is 0 Å². The van der Waals surface area contributed by atoms with Gasteiger partial charge in [0.25, 0.3) is 0 Å². The Kier molecular flexibility index (Phi) is 22.5. The molecule has 0 N–H and O–H groups in total. The Hall–Kier alpha value is -6.47. The molecule has 10 aromatic rings. The summed E-state index contributed by atoms with van der Waals surface area (Å²) in [6.45, 7) is 2.09. The molecule has 0 bridgehead atoms. The standard InChI is InChI=1S/2C33H29O2P.2ClH.Pt/c2*1-5-13-27(14-6-1)24-34-30-21-29(22-31(23-30)35-25-28-15-7-2-8-16-28)26-36(32-17-9-3-10-18-32)33-19-11-4-12-20-33;;;/h2*1-23H,24-26H2;2*1H;/q;;;;+2/p-2. The van der Waals surface area contributed by atoms with E-state index in [4.69, 9.17) is 37.8 Å². The normalized spacial score (nSPS) is 10.7. The fraction of sp³-hybridized carbons (Fsp3) is 0.0909. The second-order valence-corrected chi connectivity index (χ2v) is 25.0. The third-order valence-electron chi connectivity index (χ3n) is 11.8. The molecule has 10 rings (SSSR count). The molecular formula is C66H58Cl2O4P2Pt. The predicted octanol–water partition coefficient (Wildman–Crippen LogP) is 16.3. The maximum atomic E-state index is 6.25. The summed E-state index contributed by atoms with van der Waals surface area (Å²) in [5.74, 6) is 3.32. The average molecular weight is 1240 g/mol. The third kappa shape index (κ3) is 18.4. The van der Waals surface area contributed by atoms with E-state index in [9.17, 15) is 0 Å². The minimum absolute atomic E-state index is 0.472. The molecule has 380 valence electrons. The summed E-state index contributed by atoms with van der Waals surface area (Å²) in [5, 5.41) is 5.45. The summed E-state index contributed by atoms with van der Waals surface area (Å²) in [6, 6.07) is 97.0. The SMILES string of the molecule is [Cl][Pt][Cl].c1ccc(COc2cc(CP(c3ccccc3)c3ccccc3)cc(OCc3ccccc3)c2)cc1.c1ccc(COc2cc(CP(c3ccccc3)c3ccccc3)cc(OCc3ccccc3)c2)cc1. The maximum Gasteiger partial charge on any atom is 0.123 e. The van der Waals surface area contributed by atoms with Gasteiger partial charge in [0.1, 0.15) is 49.4 Å². The van der Waals surface area contributed by atoms with Gasteiger partial charge in [0.05, 0.1) is 0 Å². The van der Waals surface area contributed by atoms with Crippen LogP contribution < -0.4 is 40.2 Å². The molecule has 0 atom stereocenters. The van der Waals surface area contributed by atoms with Crippen LogP contribution in [0.15, 0.2) is 279 Å². The van der Waals surface area contributed by atoms with Crippen LogP contribution in [0.3, 0.4) is 0 Å². The largest absolute Gasteiger partial charge is 0.489 e. The second-order valence-electron chi connectivity index (χ2n) is 17.3. The number of hydrogen-bond acceptors (Lipinski definition) is 4. The van der Waals surface area contributed by atoms with Gasteiger partial charge in [-0.1, -0.05) is 243 Å². The van der Waals surface area contributed by atoms with Crippen LogP contribution in [0.1, 0.15) is 33.4 Å². The number of ether oxygens (including phenoxy) is 4. The molecule has 0 saturated heterocycles. The summed E-state index contributed by atoms with van der Waals surface area (Å²) in [6.07, 6.45) is 1.82. The predicted molar refractivity (Wildman–Crippen MR) is 313 cm³/mol. The van der Waals surface area contributed by atoms with E-state index in [0.29, 0.717) is 26.4 Å². The quantitative estimate of drug-likeness (QED) is 0.0713. The summed E-state index contributed by atoms with van der Waals surface area (Å²) in [5.41, 5.74) is 7.00. The molecule has 0 amide bonds. The first-order chi connectivity index (χ1) is 37.1. The van der Waals surface area contributed by atoms with Crippen LogP contribution in [-0.2, 0) is 55.2 Å². The Labute approximate surface area is 462 Å². The molecule has 4 nitrogen and oxygen atoms in total. The van der Waals surface area contributed by atoms with Gasteiger partial charge < -0.3 is 18.9 Å². The molecule has 0 radical (unpaired) electrons. The summed E-state index contributed by atoms with van der Waals surface area (Å²) < 4.78 is 25.0. The van der Waals surface area contributed by atoms with E-state index in [1.165, 1.54) is 32.3 Å². The summed E-state index contributed by atoms with van der Waals surface area (Å²) in [4.78, 5) is 0. The fourth-order valence-electron chi connectivity index (χ4n) is 8.20. The van der Waals surface area contributed by atoms with E-state index < -0.39 is 32.3 Å². The van der Waals surface area contributed by atoms with E-state index in [1.54, 1.807) is 0 Å². The minimum atomic E-state index is -0.569. The van der Waals surface area contributed by atoms with Crippen molar-refractivity contribution in [2.24, 2.45) is 0 Å². The van der Waals surface area contributed by atoms with Crippen molar-refractivity contribution >= 4 is 55.9 Å². The van der Waals surface area contributed by atoms with Crippen molar-refractivity contribution in [3.63, 3.8) is 0 Å². The smallest absolute Gasteiger partial charge is 0.123 e. The van der Waals surface area contributed by atoms with Gasteiger partial charge in [-0.25, -0.2) is 0 Å². The van der Waals surface area contributed by atoms with Gasteiger partial charge in [-0.15, -0.1) is 0 Å². The molecule has 0 aliphatic carbocycles. The second kappa shape index (κ2) is 30.8. The van der Waals surface area contributed by atoms with Gasteiger partial charge in [0, 0.05) is 24.5 Å². The molecule has 0 aromatic heterocycles. The first-order valence-corrected chi connectivity index (χ1v) is 33.3. The van der Waals surface area contributed by atoms with Crippen molar-refractivity contribution in [2.45, 2.75) is 38.8 Å². The molecule has 0 spiro atoms. The van der Waals surface area contributed by atoms with Crippen molar-refractivity contribution in [3.8, 4) is 23.0 Å². The van der Waals surface area contributed by atoms with Gasteiger partial charge in [0.15, 0.2) is 0 Å². The van der Waals surface area contributed by atoms with E-state index in [2.05, 4.69) is 194 Å². The summed E-state index contributed by atoms with van der Waals surface area (Å²) >= 11 is -0.472. The van der Waals surface area contributed by atoms with Crippen LogP contribution >= 0.6 is 34.7 Å². The van der Waals surface area contributed by atoms with Crippen LogP contribution in [-0.4, -0.2) is 0 Å². The van der Waals surface area contributed by atoms with Gasteiger partial charge in [-0.3, -0.25) is 0 Å². The van der Waals surface area contributed by atoms with Crippen LogP contribution in [0.4, 0.5) is 0 Å². The zero-order valence-corrected chi connectivity index (χ0v) is 47.0. The van der Waals surface area contributed by atoms with Crippen molar-refractivity contribution in [2.75, 3.05) is 0 Å².